The highest BCUT2D eigenvalue weighted by Crippen LogP contribution is 2.28. The van der Waals surface area contributed by atoms with E-state index >= 15 is 0 Å². The monoisotopic (exact) mass is 488 g/mol. The topological polar surface area (TPSA) is 75.6 Å². The van der Waals surface area contributed by atoms with Crippen molar-refractivity contribution in [3.05, 3.63) is 83.4 Å². The number of ether oxygens (including phenoxy) is 3. The van der Waals surface area contributed by atoms with Gasteiger partial charge in [0.2, 0.25) is 0 Å². The second-order valence-electron chi connectivity index (χ2n) is 8.44. The molecule has 0 bridgehead atoms. The van der Waals surface area contributed by atoms with Gasteiger partial charge in [0.25, 0.3) is 5.91 Å². The number of hydrazone groups is 1. The number of amides is 1. The number of methoxy groups -OCH3 is 3. The number of benzene rings is 3. The molecule has 188 valence electrons. The molecule has 0 aliphatic carbocycles. The molecule has 36 heavy (non-hydrogen) atoms. The van der Waals surface area contributed by atoms with Crippen LogP contribution in [0, 0.1) is 0 Å². The predicted molar refractivity (Wildman–Crippen MR) is 142 cm³/mol. The molecule has 1 fully saturated rings. The lowest BCUT2D eigenvalue weighted by atomic mass is 10.1. The minimum atomic E-state index is -0.273. The molecule has 0 radical (unpaired) electrons. The van der Waals surface area contributed by atoms with Crippen LogP contribution in [-0.4, -0.2) is 64.5 Å². The van der Waals surface area contributed by atoms with Crippen molar-refractivity contribution in [1.29, 1.82) is 0 Å². The van der Waals surface area contributed by atoms with Crippen LogP contribution in [0.5, 0.6) is 17.2 Å². The van der Waals surface area contributed by atoms with E-state index in [0.29, 0.717) is 22.6 Å². The molecule has 0 atom stereocenters. The van der Waals surface area contributed by atoms with Crippen molar-refractivity contribution in [1.82, 2.24) is 10.3 Å². The van der Waals surface area contributed by atoms with Crippen molar-refractivity contribution in [2.75, 3.05) is 52.4 Å². The number of anilines is 1. The van der Waals surface area contributed by atoms with Gasteiger partial charge in [-0.1, -0.05) is 24.3 Å². The lowest BCUT2D eigenvalue weighted by Crippen LogP contribution is -2.46. The zero-order valence-electron chi connectivity index (χ0n) is 20.9. The Labute approximate surface area is 212 Å². The van der Waals surface area contributed by atoms with Crippen molar-refractivity contribution < 1.29 is 19.0 Å². The molecule has 1 heterocycles. The second kappa shape index (κ2) is 12.1. The van der Waals surface area contributed by atoms with Crippen LogP contribution in [0.4, 0.5) is 5.69 Å². The summed E-state index contributed by atoms with van der Waals surface area (Å²) in [5, 5.41) is 4.08. The molecule has 1 aliphatic heterocycles. The molecule has 0 unspecified atom stereocenters. The fraction of sp³-hybridized carbons (Fsp3) is 0.286. The van der Waals surface area contributed by atoms with Gasteiger partial charge in [-0.15, -0.1) is 0 Å². The summed E-state index contributed by atoms with van der Waals surface area (Å²) < 4.78 is 16.1. The number of carbonyl (C=O) groups is 1. The first-order chi connectivity index (χ1) is 17.6. The molecule has 0 aromatic heterocycles. The number of carbonyl (C=O) groups excluding carboxylic acids is 1. The van der Waals surface area contributed by atoms with E-state index < -0.39 is 0 Å². The van der Waals surface area contributed by atoms with Gasteiger partial charge in [-0.25, -0.2) is 5.43 Å². The Bertz CT molecular complexity index is 1190. The van der Waals surface area contributed by atoms with Gasteiger partial charge in [-0.05, 0) is 48.0 Å². The van der Waals surface area contributed by atoms with Crippen molar-refractivity contribution in [3.63, 3.8) is 0 Å². The normalized spacial score (nSPS) is 14.0. The summed E-state index contributed by atoms with van der Waals surface area (Å²) in [4.78, 5) is 17.3. The number of nitrogens with one attached hydrogen (secondary N) is 1. The Morgan fingerprint density at radius 2 is 1.61 bits per heavy atom. The van der Waals surface area contributed by atoms with Gasteiger partial charge >= 0.3 is 0 Å². The van der Waals surface area contributed by atoms with Crippen molar-refractivity contribution in [2.24, 2.45) is 5.10 Å². The van der Waals surface area contributed by atoms with E-state index in [9.17, 15) is 4.79 Å². The average Bonchev–Trinajstić information content (AvgIpc) is 2.93. The molecule has 1 saturated heterocycles. The number of para-hydroxylation sites is 2. The van der Waals surface area contributed by atoms with E-state index in [1.807, 2.05) is 42.5 Å². The van der Waals surface area contributed by atoms with Crippen LogP contribution in [0.15, 0.2) is 71.8 Å². The Balaban J connectivity index is 1.29. The highest BCUT2D eigenvalue weighted by molar-refractivity contribution is 5.95. The maximum absolute atomic E-state index is 12.5. The van der Waals surface area contributed by atoms with Crippen LogP contribution in [0.3, 0.4) is 0 Å². The zero-order chi connectivity index (χ0) is 25.3. The summed E-state index contributed by atoms with van der Waals surface area (Å²) in [6, 6.07) is 21.2. The summed E-state index contributed by atoms with van der Waals surface area (Å²) in [5.41, 5.74) is 6.14. The third-order valence-corrected chi connectivity index (χ3v) is 6.23. The van der Waals surface area contributed by atoms with Crippen LogP contribution >= 0.6 is 0 Å². The van der Waals surface area contributed by atoms with Gasteiger partial charge in [0.15, 0.2) is 0 Å². The highest BCUT2D eigenvalue weighted by Gasteiger charge is 2.19. The molecular formula is C28H32N4O4. The van der Waals surface area contributed by atoms with Crippen molar-refractivity contribution in [2.45, 2.75) is 6.54 Å². The number of hydrogen-bond acceptors (Lipinski definition) is 7. The number of rotatable bonds is 9. The zero-order valence-corrected chi connectivity index (χ0v) is 20.9. The molecule has 3 aromatic carbocycles. The molecule has 0 saturated carbocycles. The lowest BCUT2D eigenvalue weighted by molar-refractivity contribution is 0.0955. The molecule has 3 aromatic rings. The summed E-state index contributed by atoms with van der Waals surface area (Å²) >= 11 is 0. The van der Waals surface area contributed by atoms with Crippen molar-refractivity contribution >= 4 is 17.8 Å². The summed E-state index contributed by atoms with van der Waals surface area (Å²) in [7, 11) is 4.89. The predicted octanol–water partition coefficient (Wildman–Crippen LogP) is 3.80. The van der Waals surface area contributed by atoms with Crippen LogP contribution in [0.25, 0.3) is 0 Å². The maximum atomic E-state index is 12.5. The molecule has 1 amide bonds. The van der Waals surface area contributed by atoms with E-state index in [0.717, 1.165) is 44.2 Å². The summed E-state index contributed by atoms with van der Waals surface area (Å²) in [5.74, 6) is 1.96. The lowest BCUT2D eigenvalue weighted by Gasteiger charge is -2.36. The molecule has 8 heteroatoms. The molecule has 4 rings (SSSR count). The SMILES string of the molecule is COc1ccc(OC)c(/C=N\NC(=O)c2ccc(CN3CCN(c4ccccc4OC)CC3)cc2)c1. The number of nitrogens with zero attached hydrogens (tertiary/aromatic N) is 3. The Morgan fingerprint density at radius 3 is 2.31 bits per heavy atom. The summed E-state index contributed by atoms with van der Waals surface area (Å²) in [6.45, 7) is 4.65. The fourth-order valence-electron chi connectivity index (χ4n) is 4.22. The highest BCUT2D eigenvalue weighted by atomic mass is 16.5. The summed E-state index contributed by atoms with van der Waals surface area (Å²) in [6.07, 6.45) is 1.54. The second-order valence-corrected chi connectivity index (χ2v) is 8.44. The Kier molecular flexibility index (Phi) is 8.41. The van der Waals surface area contributed by atoms with Gasteiger partial charge in [0.1, 0.15) is 17.2 Å². The first-order valence-electron chi connectivity index (χ1n) is 11.9. The first kappa shape index (κ1) is 25.1. The average molecular weight is 489 g/mol. The van der Waals surface area contributed by atoms with Gasteiger partial charge < -0.3 is 19.1 Å². The van der Waals surface area contributed by atoms with E-state index in [1.165, 1.54) is 11.8 Å². The molecule has 1 aliphatic rings. The standard InChI is InChI=1S/C28H32N4O4/c1-34-24-12-13-26(35-2)23(18-24)19-29-30-28(33)22-10-8-21(9-11-22)20-31-14-16-32(17-15-31)25-6-4-5-7-27(25)36-3/h4-13,18-19H,14-17,20H2,1-3H3,(H,30,33)/b29-19-. The number of piperazine rings is 1. The van der Waals surface area contributed by atoms with Gasteiger partial charge in [-0.3, -0.25) is 9.69 Å². The minimum Gasteiger partial charge on any atom is -0.497 e. The van der Waals surface area contributed by atoms with E-state index in [1.54, 1.807) is 39.5 Å². The van der Waals surface area contributed by atoms with E-state index in [4.69, 9.17) is 14.2 Å². The maximum Gasteiger partial charge on any atom is 0.271 e. The smallest absolute Gasteiger partial charge is 0.271 e. The van der Waals surface area contributed by atoms with Crippen LogP contribution in [0.1, 0.15) is 21.5 Å². The number of hydrogen-bond donors (Lipinski definition) is 1. The van der Waals surface area contributed by atoms with Gasteiger partial charge in [0.05, 0.1) is 33.2 Å². The van der Waals surface area contributed by atoms with Crippen LogP contribution in [-0.2, 0) is 6.54 Å². The molecule has 0 spiro atoms. The minimum absolute atomic E-state index is 0.273. The van der Waals surface area contributed by atoms with Crippen LogP contribution in [0.2, 0.25) is 0 Å². The van der Waals surface area contributed by atoms with E-state index in [-0.39, 0.29) is 5.91 Å². The van der Waals surface area contributed by atoms with Crippen LogP contribution < -0.4 is 24.5 Å². The van der Waals surface area contributed by atoms with Crippen molar-refractivity contribution in [3.8, 4) is 17.2 Å². The molecule has 1 N–H and O–H groups in total. The first-order valence-corrected chi connectivity index (χ1v) is 11.9. The molecular weight excluding hydrogens is 456 g/mol. The fourth-order valence-corrected chi connectivity index (χ4v) is 4.22. The van der Waals surface area contributed by atoms with E-state index in [2.05, 4.69) is 26.4 Å². The third-order valence-electron chi connectivity index (χ3n) is 6.23. The third kappa shape index (κ3) is 6.14. The molecule has 8 nitrogen and oxygen atoms in total. The Hall–Kier alpha value is -4.04. The van der Waals surface area contributed by atoms with Gasteiger partial charge in [-0.2, -0.15) is 5.10 Å². The Morgan fingerprint density at radius 1 is 0.889 bits per heavy atom. The van der Waals surface area contributed by atoms with Gasteiger partial charge in [0, 0.05) is 43.9 Å². The largest absolute Gasteiger partial charge is 0.497 e. The quantitative estimate of drug-likeness (QED) is 0.365.